The Bertz CT molecular complexity index is 2850. The molecule has 2 aliphatic rings. The van der Waals surface area contributed by atoms with Gasteiger partial charge in [-0.1, -0.05) is 59.8 Å². The van der Waals surface area contributed by atoms with E-state index in [4.69, 9.17) is 23.6 Å². The highest BCUT2D eigenvalue weighted by Crippen LogP contribution is 2.39. The van der Waals surface area contributed by atoms with Crippen molar-refractivity contribution in [3.05, 3.63) is 79.5 Å². The van der Waals surface area contributed by atoms with Gasteiger partial charge < -0.3 is 54.4 Å². The highest BCUT2D eigenvalue weighted by molar-refractivity contribution is 6.16. The number of piperazine rings is 1. The van der Waals surface area contributed by atoms with Crippen LogP contribution >= 0.6 is 0 Å². The summed E-state index contributed by atoms with van der Waals surface area (Å²) < 4.78 is 23.6. The average Bonchev–Trinajstić information content (AvgIpc) is 3.30. The molecule has 0 saturated carbocycles. The molecule has 0 aliphatic carbocycles. The number of esters is 1. The molecule has 69 heavy (non-hydrogen) atoms. The number of aromatic hydroxyl groups is 1. The van der Waals surface area contributed by atoms with Gasteiger partial charge in [-0.2, -0.15) is 0 Å². The SMILES string of the molecule is CO[C@@H](/C=C/O)[C@@H](C)[C@@H](OC(C)=O)[C@H](C)[C@H](O)[C@H](C)[C@@H](O)[C@@H](C)/C=C/C=C(/C)C(=O)Nc1c(=O)c2c(O)c(C)c3c(c2c2nc4c(=O)cc(N5CCN(CC(C)C)CC5)cc4oc12)=C(O)CC(C)O3. The summed E-state index contributed by atoms with van der Waals surface area (Å²) in [5.41, 5.74) is -0.891. The van der Waals surface area contributed by atoms with Gasteiger partial charge >= 0.3 is 5.97 Å². The predicted octanol–water partition coefficient (Wildman–Crippen LogP) is 5.93. The van der Waals surface area contributed by atoms with Crippen molar-refractivity contribution in [3.8, 4) is 11.5 Å². The van der Waals surface area contributed by atoms with Crippen molar-refractivity contribution in [3.63, 3.8) is 0 Å². The normalized spacial score (nSPS) is 19.7. The van der Waals surface area contributed by atoms with Crippen molar-refractivity contribution < 1.29 is 53.7 Å². The first-order valence-corrected chi connectivity index (χ1v) is 23.6. The Hall–Kier alpha value is -6.01. The second-order valence-electron chi connectivity index (χ2n) is 19.3. The van der Waals surface area contributed by atoms with Crippen molar-refractivity contribution in [1.29, 1.82) is 0 Å². The van der Waals surface area contributed by atoms with Crippen molar-refractivity contribution >= 4 is 62.0 Å². The number of ether oxygens (including phenoxy) is 3. The monoisotopic (exact) mass is 956 g/mol. The molecule has 1 unspecified atom stereocenters. The van der Waals surface area contributed by atoms with Crippen LogP contribution in [0.25, 0.3) is 38.7 Å². The van der Waals surface area contributed by atoms with Crippen LogP contribution in [0.5, 0.6) is 11.5 Å². The standard InChI is InChI=1S/C52H68N4O13/c1-25(2)24-55-16-18-56(19-17-55)34-22-36(60)42-38(23-34)69-51-43(53-42)40-39-35(59)21-28(5)67-50(39)32(9)47(63)41(40)48(64)44(51)54-52(65)27(4)14-12-13-26(3)45(61)30(7)46(62)31(8)49(68-33(10)58)29(6)37(66-11)15-20-57/h12-15,20,22-23,25-26,28-31,37,45-46,49,57,59,61-63H,16-19,21,24H2,1-11H3,(H,54,65)/b13-12+,20-15+,27-14-/t26-,28?,29+,30+,31+,37-,45-,46+,49+/m0/s1. The Labute approximate surface area is 401 Å². The number of carbonyl (C=O) groups is 2. The van der Waals surface area contributed by atoms with Crippen molar-refractivity contribution in [2.45, 2.75) is 106 Å². The first kappa shape index (κ1) is 52.4. The summed E-state index contributed by atoms with van der Waals surface area (Å²) >= 11 is 0. The fourth-order valence-corrected chi connectivity index (χ4v) is 9.74. The van der Waals surface area contributed by atoms with E-state index < -0.39 is 82.7 Å². The molecule has 3 aromatic carbocycles. The Kier molecular flexibility index (Phi) is 16.5. The molecule has 17 heteroatoms. The number of nitrogens with one attached hydrogen (secondary N) is 1. The zero-order valence-electron chi connectivity index (χ0n) is 41.4. The third-order valence-corrected chi connectivity index (χ3v) is 13.6. The highest BCUT2D eigenvalue weighted by Gasteiger charge is 2.39. The minimum absolute atomic E-state index is 0.0109. The number of phenolic OH excluding ortho intramolecular Hbond substituents is 1. The molecule has 9 atom stereocenters. The van der Waals surface area contributed by atoms with E-state index >= 15 is 0 Å². The largest absolute Gasteiger partial charge is 0.516 e. The Morgan fingerprint density at radius 3 is 2.25 bits per heavy atom. The molecule has 1 aromatic heterocycles. The molecule has 6 N–H and O–H groups in total. The second-order valence-corrected chi connectivity index (χ2v) is 19.3. The number of nitrogens with zero attached hydrogens (tertiary/aromatic N) is 3. The van der Waals surface area contributed by atoms with E-state index in [9.17, 15) is 44.7 Å². The molecule has 0 radical (unpaired) electrons. The maximum Gasteiger partial charge on any atom is 0.302 e. The van der Waals surface area contributed by atoms with E-state index in [0.717, 1.165) is 25.9 Å². The first-order chi connectivity index (χ1) is 32.6. The molecular formula is C52H68N4O13. The number of hydrogen-bond acceptors (Lipinski definition) is 16. The zero-order chi connectivity index (χ0) is 50.8. The fourth-order valence-electron chi connectivity index (χ4n) is 9.74. The van der Waals surface area contributed by atoms with Crippen LogP contribution in [-0.4, -0.2) is 118 Å². The topological polar surface area (TPSA) is 242 Å². The maximum atomic E-state index is 14.7. The van der Waals surface area contributed by atoms with Gasteiger partial charge in [0.1, 0.15) is 40.7 Å². The molecule has 374 valence electrons. The van der Waals surface area contributed by atoms with Gasteiger partial charge in [0.2, 0.25) is 10.9 Å². The summed E-state index contributed by atoms with van der Waals surface area (Å²) in [6.07, 6.45) is 2.91. The summed E-state index contributed by atoms with van der Waals surface area (Å²) in [5, 5.41) is 57.9. The summed E-state index contributed by atoms with van der Waals surface area (Å²) in [4.78, 5) is 64.0. The fraction of sp³-hybridized carbons (Fsp3) is 0.519. The number of hydrogen-bond donors (Lipinski definition) is 6. The lowest BCUT2D eigenvalue weighted by Gasteiger charge is -2.37. The van der Waals surface area contributed by atoms with Gasteiger partial charge in [-0.25, -0.2) is 4.98 Å². The van der Waals surface area contributed by atoms with Gasteiger partial charge in [-0.15, -0.1) is 0 Å². The minimum Gasteiger partial charge on any atom is -0.516 e. The third-order valence-electron chi connectivity index (χ3n) is 13.6. The van der Waals surface area contributed by atoms with Crippen LogP contribution in [0.2, 0.25) is 0 Å². The molecule has 17 nitrogen and oxygen atoms in total. The molecule has 3 heterocycles. The molecule has 0 spiro atoms. The van der Waals surface area contributed by atoms with Gasteiger partial charge in [0.25, 0.3) is 5.91 Å². The van der Waals surface area contributed by atoms with Crippen LogP contribution in [0, 0.1) is 36.5 Å². The quantitative estimate of drug-likeness (QED) is 0.0180. The molecule has 4 aromatic rings. The van der Waals surface area contributed by atoms with Crippen LogP contribution in [0.15, 0.2) is 62.3 Å². The lowest BCUT2D eigenvalue weighted by atomic mass is 9.78. The smallest absolute Gasteiger partial charge is 0.302 e. The first-order valence-electron chi connectivity index (χ1n) is 23.6. The molecule has 0 bridgehead atoms. The minimum atomic E-state index is -1.14. The van der Waals surface area contributed by atoms with Crippen LogP contribution in [-0.2, 0) is 19.1 Å². The molecule has 6 rings (SSSR count). The van der Waals surface area contributed by atoms with Gasteiger partial charge in [-0.05, 0) is 32.8 Å². The number of aliphatic hydroxyl groups is 4. The van der Waals surface area contributed by atoms with Gasteiger partial charge in [0.05, 0.1) is 35.2 Å². The lowest BCUT2D eigenvalue weighted by Crippen LogP contribution is -2.47. The Morgan fingerprint density at radius 2 is 1.62 bits per heavy atom. The van der Waals surface area contributed by atoms with Gasteiger partial charge in [-0.3, -0.25) is 24.1 Å². The second kappa shape index (κ2) is 21.7. The van der Waals surface area contributed by atoms with E-state index in [2.05, 4.69) is 29.0 Å². The van der Waals surface area contributed by atoms with Crippen LogP contribution < -0.4 is 31.0 Å². The summed E-state index contributed by atoms with van der Waals surface area (Å²) in [6, 6.07) is 3.19. The van der Waals surface area contributed by atoms with Gasteiger partial charge in [0, 0.05) is 111 Å². The highest BCUT2D eigenvalue weighted by atomic mass is 16.5. The predicted molar refractivity (Wildman–Crippen MR) is 266 cm³/mol. The number of anilines is 2. The maximum absolute atomic E-state index is 14.7. The van der Waals surface area contributed by atoms with Crippen molar-refractivity contribution in [1.82, 2.24) is 9.88 Å². The molecule has 1 amide bonds. The molecule has 1 fully saturated rings. The lowest BCUT2D eigenvalue weighted by molar-refractivity contribution is -0.160. The summed E-state index contributed by atoms with van der Waals surface area (Å²) in [7, 11) is 1.45. The summed E-state index contributed by atoms with van der Waals surface area (Å²) in [5.74, 6) is -3.57. The number of fused-ring (bicyclic) bond motifs is 6. The van der Waals surface area contributed by atoms with E-state index in [1.807, 2.05) is 0 Å². The van der Waals surface area contributed by atoms with E-state index in [1.54, 1.807) is 59.8 Å². The molecule has 1 saturated heterocycles. The Balaban J connectivity index is 1.34. The number of rotatable bonds is 17. The number of phenols is 1. The van der Waals surface area contributed by atoms with Crippen molar-refractivity contribution in [2.75, 3.05) is 50.1 Å². The number of aliphatic hydroxyl groups excluding tert-OH is 4. The zero-order valence-corrected chi connectivity index (χ0v) is 41.4. The Morgan fingerprint density at radius 1 is 0.942 bits per heavy atom. The molecular weight excluding hydrogens is 889 g/mol. The van der Waals surface area contributed by atoms with Gasteiger partial charge in [0.15, 0.2) is 16.7 Å². The number of aromatic nitrogens is 1. The van der Waals surface area contributed by atoms with E-state index in [0.29, 0.717) is 24.7 Å². The molecule has 2 aliphatic heterocycles. The van der Waals surface area contributed by atoms with Crippen molar-refractivity contribution in [2.24, 2.45) is 29.6 Å². The van der Waals surface area contributed by atoms with E-state index in [-0.39, 0.29) is 72.9 Å². The number of carbonyl (C=O) groups excluding carboxylic acids is 2. The van der Waals surface area contributed by atoms with Crippen LogP contribution in [0.3, 0.4) is 0 Å². The third kappa shape index (κ3) is 10.9. The average molecular weight is 957 g/mol. The number of methoxy groups -OCH3 is 1. The summed E-state index contributed by atoms with van der Waals surface area (Å²) in [6.45, 7) is 21.2. The van der Waals surface area contributed by atoms with Crippen LogP contribution in [0.1, 0.15) is 74.3 Å². The van der Waals surface area contributed by atoms with E-state index in [1.165, 1.54) is 39.2 Å². The van der Waals surface area contributed by atoms with Crippen LogP contribution in [0.4, 0.5) is 11.4 Å². The number of benzene rings is 3. The number of amides is 1. The number of allylic oxidation sites excluding steroid dienone is 2.